The normalized spacial score (nSPS) is 24.6. The third-order valence-electron chi connectivity index (χ3n) is 17.0. The Morgan fingerprint density at radius 2 is 0.603 bits per heavy atom. The minimum Gasteiger partial charge on any atom is -0.505 e. The van der Waals surface area contributed by atoms with Crippen molar-refractivity contribution in [1.29, 1.82) is 0 Å². The number of phenolic OH excluding ortho intramolecular Hbond substituents is 1. The molecule has 1 N–H and O–H groups in total. The van der Waals surface area contributed by atoms with Gasteiger partial charge in [-0.15, -0.1) is 0 Å². The van der Waals surface area contributed by atoms with Crippen molar-refractivity contribution in [3.63, 3.8) is 0 Å². The number of hydrogen-bond acceptors (Lipinski definition) is 6. The van der Waals surface area contributed by atoms with E-state index >= 15 is 0 Å². The van der Waals surface area contributed by atoms with Crippen molar-refractivity contribution in [3.8, 4) is 34.5 Å². The number of phenols is 1. The van der Waals surface area contributed by atoms with Gasteiger partial charge in [0.1, 0.15) is 0 Å². The van der Waals surface area contributed by atoms with Crippen molar-refractivity contribution >= 4 is 15.9 Å². The van der Waals surface area contributed by atoms with Gasteiger partial charge in [0.2, 0.25) is 34.9 Å². The van der Waals surface area contributed by atoms with Gasteiger partial charge in [0.05, 0.1) is 33.0 Å². The number of halogens is 7. The van der Waals surface area contributed by atoms with E-state index < -0.39 is 40.7 Å². The summed E-state index contributed by atoms with van der Waals surface area (Å²) >= 11 is 3.61. The van der Waals surface area contributed by atoms with Gasteiger partial charge in [-0.05, 0) is 187 Å². The number of hydrogen-bond donors (Lipinski definition) is 1. The van der Waals surface area contributed by atoms with E-state index in [0.29, 0.717) is 38.3 Å². The van der Waals surface area contributed by atoms with Crippen LogP contribution in [-0.4, -0.2) is 43.5 Å². The molecule has 0 aliphatic heterocycles. The van der Waals surface area contributed by atoms with Crippen LogP contribution >= 0.6 is 15.9 Å². The molecule has 0 heterocycles. The first-order chi connectivity index (χ1) is 35.4. The fraction of sp³-hybridized carbons (Fsp3) is 0.700. The second-order valence-electron chi connectivity index (χ2n) is 21.6. The summed E-state index contributed by atoms with van der Waals surface area (Å²) in [6.45, 7) is 6.95. The predicted octanol–water partition coefficient (Wildman–Crippen LogP) is 17.9. The molecule has 0 aromatic heterocycles. The van der Waals surface area contributed by atoms with Crippen molar-refractivity contribution in [3.05, 3.63) is 71.3 Å². The highest BCUT2D eigenvalue weighted by Gasteiger charge is 2.32. The van der Waals surface area contributed by atoms with E-state index in [2.05, 4.69) is 15.9 Å². The summed E-state index contributed by atoms with van der Waals surface area (Å²) in [6.07, 6.45) is 33.0. The van der Waals surface area contributed by atoms with Crippen molar-refractivity contribution in [2.75, 3.05) is 38.4 Å². The van der Waals surface area contributed by atoms with E-state index in [1.807, 2.05) is 0 Å². The number of ether oxygens (including phenoxy) is 5. The van der Waals surface area contributed by atoms with Crippen LogP contribution in [0.15, 0.2) is 36.4 Å². The molecule has 3 aromatic carbocycles. The molecule has 410 valence electrons. The second-order valence-corrected chi connectivity index (χ2v) is 22.3. The molecule has 6 aliphatic carbocycles. The van der Waals surface area contributed by atoms with Gasteiger partial charge in [-0.2, -0.15) is 26.3 Å². The van der Waals surface area contributed by atoms with Gasteiger partial charge in [-0.1, -0.05) is 93.0 Å². The van der Waals surface area contributed by atoms with E-state index in [1.165, 1.54) is 151 Å². The zero-order valence-electron chi connectivity index (χ0n) is 44.0. The van der Waals surface area contributed by atoms with Crippen LogP contribution in [0.3, 0.4) is 0 Å². The summed E-state index contributed by atoms with van der Waals surface area (Å²) < 4.78 is 107. The number of rotatable bonds is 16. The third-order valence-corrected chi connectivity index (χ3v) is 17.9. The Morgan fingerprint density at radius 3 is 0.890 bits per heavy atom. The molecular formula is C60H85BrF6O6. The summed E-state index contributed by atoms with van der Waals surface area (Å²) in [7, 11) is 0. The molecular weight excluding hydrogens is 1010 g/mol. The van der Waals surface area contributed by atoms with Crippen LogP contribution in [0.4, 0.5) is 26.3 Å². The maximum atomic E-state index is 14.0. The van der Waals surface area contributed by atoms with E-state index in [9.17, 15) is 26.3 Å². The second kappa shape index (κ2) is 30.9. The maximum Gasteiger partial charge on any atom is 0.204 e. The molecule has 6 saturated carbocycles. The topological polar surface area (TPSA) is 66.4 Å². The molecule has 73 heavy (non-hydrogen) atoms. The molecule has 3 aromatic rings. The van der Waals surface area contributed by atoms with Crippen molar-refractivity contribution in [2.24, 2.45) is 53.3 Å². The summed E-state index contributed by atoms with van der Waals surface area (Å²) in [5.41, 5.74) is 0. The standard InChI is InChI=1S/2C20H28F2O2.C12H21Br.C8H8F2O2/c2*1-2-23-17-11-12-18(20(22)19(17)21)24-13-14-7-9-16(10-8-14)15-5-3-4-6-15;13-9-10-5-7-12(8-6-10)11-3-1-2-4-11;1-2-12-6-4-3-5(11)7(9)8(6)10/h2*11-12,14-16H,2-10,13H2,1H3;10-12H,1-9H2;3-4,11H,2H2,1H3. The minimum absolute atomic E-state index is 0.00568. The molecule has 0 spiro atoms. The molecule has 6 fully saturated rings. The van der Waals surface area contributed by atoms with Crippen molar-refractivity contribution in [1.82, 2.24) is 0 Å². The Kier molecular flexibility index (Phi) is 24.9. The van der Waals surface area contributed by atoms with Gasteiger partial charge >= 0.3 is 0 Å². The van der Waals surface area contributed by atoms with Crippen LogP contribution in [0.1, 0.15) is 175 Å². The first kappa shape index (κ1) is 58.8. The van der Waals surface area contributed by atoms with Gasteiger partial charge in [0.25, 0.3) is 0 Å². The first-order valence-electron chi connectivity index (χ1n) is 28.3. The van der Waals surface area contributed by atoms with Crippen molar-refractivity contribution in [2.45, 2.75) is 175 Å². The zero-order chi connectivity index (χ0) is 52.1. The lowest BCUT2D eigenvalue weighted by Crippen LogP contribution is -2.23. The Morgan fingerprint density at radius 1 is 0.356 bits per heavy atom. The lowest BCUT2D eigenvalue weighted by atomic mass is 9.75. The van der Waals surface area contributed by atoms with Gasteiger partial charge in [0, 0.05) is 5.33 Å². The van der Waals surface area contributed by atoms with Crippen LogP contribution in [-0.2, 0) is 0 Å². The van der Waals surface area contributed by atoms with Crippen LogP contribution in [0.25, 0.3) is 0 Å². The molecule has 0 atom stereocenters. The van der Waals surface area contributed by atoms with Crippen LogP contribution in [0.2, 0.25) is 0 Å². The van der Waals surface area contributed by atoms with Gasteiger partial charge in [-0.25, -0.2) is 0 Å². The quantitative estimate of drug-likeness (QED) is 0.114. The Bertz CT molecular complexity index is 1950. The molecule has 0 saturated heterocycles. The predicted molar refractivity (Wildman–Crippen MR) is 281 cm³/mol. The molecule has 13 heteroatoms. The Labute approximate surface area is 441 Å². The van der Waals surface area contributed by atoms with Crippen LogP contribution in [0.5, 0.6) is 34.5 Å². The van der Waals surface area contributed by atoms with Crippen molar-refractivity contribution < 1.29 is 55.1 Å². The lowest BCUT2D eigenvalue weighted by molar-refractivity contribution is 0.151. The molecule has 0 radical (unpaired) electrons. The third kappa shape index (κ3) is 17.5. The van der Waals surface area contributed by atoms with Gasteiger partial charge in [0.15, 0.2) is 34.5 Å². The molecule has 9 rings (SSSR count). The highest BCUT2D eigenvalue weighted by molar-refractivity contribution is 9.09. The fourth-order valence-electron chi connectivity index (χ4n) is 12.7. The lowest BCUT2D eigenvalue weighted by Gasteiger charge is -2.32. The number of alkyl halides is 1. The minimum atomic E-state index is -1.28. The summed E-state index contributed by atoms with van der Waals surface area (Å²) in [4.78, 5) is 0. The Hall–Kier alpha value is -3.48. The molecule has 0 unspecified atom stereocenters. The molecule has 0 amide bonds. The van der Waals surface area contributed by atoms with Crippen LogP contribution < -0.4 is 23.7 Å². The fourth-order valence-corrected chi connectivity index (χ4v) is 13.4. The van der Waals surface area contributed by atoms with E-state index in [1.54, 1.807) is 33.6 Å². The van der Waals surface area contributed by atoms with E-state index in [-0.39, 0.29) is 35.4 Å². The average molecular weight is 1100 g/mol. The molecule has 0 bridgehead atoms. The largest absolute Gasteiger partial charge is 0.505 e. The van der Waals surface area contributed by atoms with Gasteiger partial charge in [-0.3, -0.25) is 0 Å². The molecule has 6 aliphatic rings. The highest BCUT2D eigenvalue weighted by atomic mass is 79.9. The first-order valence-corrected chi connectivity index (χ1v) is 29.4. The van der Waals surface area contributed by atoms with Crippen LogP contribution in [0, 0.1) is 88.2 Å². The number of aromatic hydroxyl groups is 1. The van der Waals surface area contributed by atoms with Gasteiger partial charge < -0.3 is 28.8 Å². The SMILES string of the molecule is BrCC1CCC(C2CCCC2)CC1.CCOc1ccc(O)c(F)c1F.CCOc1ccc(OCC2CCC(C3CCCC3)CC2)c(F)c1F.CCOc1ccc(OCC2CCC(C3CCCC3)CC2)c(F)c1F. The average Bonchev–Trinajstić information content (AvgIpc) is 4.27. The summed E-state index contributed by atoms with van der Waals surface area (Å²) in [5, 5.41) is 9.96. The summed E-state index contributed by atoms with van der Waals surface area (Å²) in [6, 6.07) is 8.03. The van der Waals surface area contributed by atoms with E-state index in [4.69, 9.17) is 28.8 Å². The smallest absolute Gasteiger partial charge is 0.204 e. The Balaban J connectivity index is 0.000000166. The monoisotopic (exact) mass is 1090 g/mol. The maximum absolute atomic E-state index is 14.0. The van der Waals surface area contributed by atoms with E-state index in [0.717, 1.165) is 73.2 Å². The zero-order valence-corrected chi connectivity index (χ0v) is 45.6. The molecule has 6 nitrogen and oxygen atoms in total. The highest BCUT2D eigenvalue weighted by Crippen LogP contribution is 2.44. The summed E-state index contributed by atoms with van der Waals surface area (Å²) in [5.74, 6) is 0.504. The number of benzene rings is 3.